The second-order valence-electron chi connectivity index (χ2n) is 8.18. The molecule has 0 amide bonds. The summed E-state index contributed by atoms with van der Waals surface area (Å²) in [6.45, 7) is 5.28. The topological polar surface area (TPSA) is 87.4 Å². The Balaban J connectivity index is 1.28. The van der Waals surface area contributed by atoms with E-state index in [1.807, 2.05) is 18.2 Å². The number of hydrogen-bond donors (Lipinski definition) is 0. The van der Waals surface area contributed by atoms with Crippen LogP contribution in [0.15, 0.2) is 24.4 Å². The highest BCUT2D eigenvalue weighted by Crippen LogP contribution is 2.41. The minimum Gasteiger partial charge on any atom is -0.495 e. The Morgan fingerprint density at radius 1 is 1.10 bits per heavy atom. The third-order valence-electron chi connectivity index (χ3n) is 6.46. The summed E-state index contributed by atoms with van der Waals surface area (Å²) in [5, 5.41) is 17.5. The maximum Gasteiger partial charge on any atom is 0.233 e. The van der Waals surface area contributed by atoms with Gasteiger partial charge < -0.3 is 19.3 Å². The largest absolute Gasteiger partial charge is 0.495 e. The van der Waals surface area contributed by atoms with Crippen molar-refractivity contribution in [2.45, 2.75) is 25.7 Å². The van der Waals surface area contributed by atoms with E-state index in [4.69, 9.17) is 14.7 Å². The summed E-state index contributed by atoms with van der Waals surface area (Å²) in [4.78, 5) is 9.29. The van der Waals surface area contributed by atoms with Crippen molar-refractivity contribution in [3.8, 4) is 17.7 Å². The lowest BCUT2D eigenvalue weighted by Gasteiger charge is -2.39. The molecule has 158 valence electrons. The van der Waals surface area contributed by atoms with Gasteiger partial charge in [-0.15, -0.1) is 10.2 Å². The van der Waals surface area contributed by atoms with Crippen LogP contribution < -0.4 is 14.4 Å². The number of anilines is 1. The quantitative estimate of drug-likeness (QED) is 0.720. The highest BCUT2D eigenvalue weighted by molar-refractivity contribution is 5.42. The zero-order valence-electron chi connectivity index (χ0n) is 17.7. The van der Waals surface area contributed by atoms with E-state index in [-0.39, 0.29) is 0 Å². The molecule has 0 atom stereocenters. The summed E-state index contributed by atoms with van der Waals surface area (Å²) >= 11 is 0. The average molecular weight is 409 g/mol. The minimum atomic E-state index is 0.383. The van der Waals surface area contributed by atoms with Crippen LogP contribution in [-0.2, 0) is 6.42 Å². The lowest BCUT2D eigenvalue weighted by molar-refractivity contribution is 0.121. The molecule has 0 aromatic carbocycles. The van der Waals surface area contributed by atoms with E-state index in [2.05, 4.69) is 31.1 Å². The number of hydrogen-bond acceptors (Lipinski definition) is 8. The van der Waals surface area contributed by atoms with Crippen LogP contribution in [0.1, 0.15) is 30.5 Å². The van der Waals surface area contributed by atoms with Crippen molar-refractivity contribution < 1.29 is 9.47 Å². The lowest BCUT2D eigenvalue weighted by atomic mass is 9.78. The molecule has 2 aromatic rings. The Morgan fingerprint density at radius 3 is 2.57 bits per heavy atom. The van der Waals surface area contributed by atoms with Crippen molar-refractivity contribution in [3.63, 3.8) is 0 Å². The van der Waals surface area contributed by atoms with Crippen LogP contribution in [0.5, 0.6) is 11.6 Å². The number of aromatic nitrogens is 3. The van der Waals surface area contributed by atoms with E-state index < -0.39 is 0 Å². The summed E-state index contributed by atoms with van der Waals surface area (Å²) in [5.41, 5.74) is 1.83. The number of piperidine rings is 1. The molecule has 2 aromatic heterocycles. The van der Waals surface area contributed by atoms with Crippen LogP contribution in [0.4, 0.5) is 5.82 Å². The zero-order chi connectivity index (χ0) is 21.0. The van der Waals surface area contributed by atoms with E-state index >= 15 is 0 Å². The number of likely N-dealkylation sites (tertiary alicyclic amines) is 1. The van der Waals surface area contributed by atoms with Crippen molar-refractivity contribution in [1.29, 1.82) is 5.26 Å². The molecule has 30 heavy (non-hydrogen) atoms. The third kappa shape index (κ3) is 4.31. The molecule has 8 heteroatoms. The molecule has 0 unspecified atom stereocenters. The Kier molecular flexibility index (Phi) is 6.00. The highest BCUT2D eigenvalue weighted by atomic mass is 16.5. The first-order valence-electron chi connectivity index (χ1n) is 10.4. The van der Waals surface area contributed by atoms with E-state index in [1.54, 1.807) is 20.4 Å². The summed E-state index contributed by atoms with van der Waals surface area (Å²) < 4.78 is 10.4. The molecular formula is C22H28N6O2. The second kappa shape index (κ2) is 8.84. The van der Waals surface area contributed by atoms with Gasteiger partial charge in [0.2, 0.25) is 5.88 Å². The van der Waals surface area contributed by atoms with Crippen LogP contribution in [-0.4, -0.2) is 67.0 Å². The van der Waals surface area contributed by atoms with E-state index in [1.165, 1.54) is 19.3 Å². The van der Waals surface area contributed by atoms with Crippen molar-refractivity contribution in [2.75, 3.05) is 51.8 Å². The molecule has 0 radical (unpaired) electrons. The molecule has 8 nitrogen and oxygen atoms in total. The van der Waals surface area contributed by atoms with Crippen molar-refractivity contribution in [1.82, 2.24) is 20.1 Å². The van der Waals surface area contributed by atoms with Gasteiger partial charge in [0.1, 0.15) is 17.4 Å². The number of rotatable bonds is 6. The van der Waals surface area contributed by atoms with E-state index in [9.17, 15) is 0 Å². The fourth-order valence-corrected chi connectivity index (χ4v) is 4.52. The third-order valence-corrected chi connectivity index (χ3v) is 6.46. The average Bonchev–Trinajstić information content (AvgIpc) is 3.22. The van der Waals surface area contributed by atoms with Gasteiger partial charge in [0.15, 0.2) is 5.82 Å². The van der Waals surface area contributed by atoms with Crippen LogP contribution in [0, 0.1) is 16.7 Å². The van der Waals surface area contributed by atoms with Gasteiger partial charge >= 0.3 is 0 Å². The molecular weight excluding hydrogens is 380 g/mol. The predicted molar refractivity (Wildman–Crippen MR) is 113 cm³/mol. The lowest BCUT2D eigenvalue weighted by Crippen LogP contribution is -2.42. The Hall–Kier alpha value is -2.92. The first kappa shape index (κ1) is 20.4. The van der Waals surface area contributed by atoms with Crippen LogP contribution in [0.3, 0.4) is 0 Å². The summed E-state index contributed by atoms with van der Waals surface area (Å²) in [5.74, 6) is 2.10. The molecule has 1 spiro atoms. The normalized spacial score (nSPS) is 18.4. The molecule has 2 aliphatic heterocycles. The standard InChI is InChI=1S/C22H28N6O2/c1-29-19-13-18(24-15-17(19)14-23)5-9-27-10-6-22(7-11-27)8-12-28(16-22)20-3-4-21(30-2)26-25-20/h3-4,13,15H,5-12,16H2,1-2H3. The zero-order valence-corrected chi connectivity index (χ0v) is 17.7. The summed E-state index contributed by atoms with van der Waals surface area (Å²) in [6.07, 6.45) is 6.09. The second-order valence-corrected chi connectivity index (χ2v) is 8.18. The maximum atomic E-state index is 9.10. The van der Waals surface area contributed by atoms with Gasteiger partial charge in [-0.2, -0.15) is 5.26 Å². The summed E-state index contributed by atoms with van der Waals surface area (Å²) in [6, 6.07) is 7.87. The molecule has 0 saturated carbocycles. The van der Waals surface area contributed by atoms with Crippen LogP contribution in [0.2, 0.25) is 0 Å². The van der Waals surface area contributed by atoms with Gasteiger partial charge in [-0.25, -0.2) is 0 Å². The molecule has 4 heterocycles. The Morgan fingerprint density at radius 2 is 1.90 bits per heavy atom. The van der Waals surface area contributed by atoms with Crippen molar-refractivity contribution >= 4 is 5.82 Å². The SMILES string of the molecule is COc1ccc(N2CCC3(CCN(CCc4cc(OC)c(C#N)cn4)CC3)C2)nn1. The smallest absolute Gasteiger partial charge is 0.233 e. The van der Waals surface area contributed by atoms with Gasteiger partial charge in [0.25, 0.3) is 0 Å². The minimum absolute atomic E-state index is 0.383. The number of pyridine rings is 1. The molecule has 2 aliphatic rings. The first-order valence-corrected chi connectivity index (χ1v) is 10.4. The van der Waals surface area contributed by atoms with Gasteiger partial charge in [-0.05, 0) is 43.8 Å². The van der Waals surface area contributed by atoms with Crippen molar-refractivity contribution in [2.24, 2.45) is 5.41 Å². The van der Waals surface area contributed by atoms with Crippen molar-refractivity contribution in [3.05, 3.63) is 35.7 Å². The highest BCUT2D eigenvalue weighted by Gasteiger charge is 2.40. The first-order chi connectivity index (χ1) is 14.6. The van der Waals surface area contributed by atoms with Crippen LogP contribution in [0.25, 0.3) is 0 Å². The van der Waals surface area contributed by atoms with E-state index in [0.29, 0.717) is 22.6 Å². The Labute approximate surface area is 177 Å². The molecule has 2 saturated heterocycles. The van der Waals surface area contributed by atoms with E-state index in [0.717, 1.165) is 50.7 Å². The fraction of sp³-hybridized carbons (Fsp3) is 0.545. The number of nitrogens with zero attached hydrogens (tertiary/aromatic N) is 6. The van der Waals surface area contributed by atoms with Gasteiger partial charge in [-0.1, -0.05) is 0 Å². The maximum absolute atomic E-state index is 9.10. The predicted octanol–water partition coefficient (Wildman–Crippen LogP) is 2.30. The molecule has 0 bridgehead atoms. The van der Waals surface area contributed by atoms with Gasteiger partial charge in [0.05, 0.1) is 14.2 Å². The molecule has 0 N–H and O–H groups in total. The summed E-state index contributed by atoms with van der Waals surface area (Å²) in [7, 11) is 3.20. The Bertz CT molecular complexity index is 903. The fourth-order valence-electron chi connectivity index (χ4n) is 4.52. The monoisotopic (exact) mass is 408 g/mol. The van der Waals surface area contributed by atoms with Gasteiger partial charge in [0, 0.05) is 50.1 Å². The number of ether oxygens (including phenoxy) is 2. The van der Waals surface area contributed by atoms with Gasteiger partial charge in [-0.3, -0.25) is 4.98 Å². The molecule has 4 rings (SSSR count). The molecule has 2 fully saturated rings. The number of methoxy groups -OCH3 is 2. The number of nitriles is 1. The van der Waals surface area contributed by atoms with Crippen LogP contribution >= 0.6 is 0 Å². The molecule has 0 aliphatic carbocycles.